The number of thioether (sulfide) groups is 1. The highest BCUT2D eigenvalue weighted by atomic mass is 35.5. The first-order chi connectivity index (χ1) is 10.1. The number of aryl methyl sites for hydroxylation is 1. The van der Waals surface area contributed by atoms with Crippen molar-refractivity contribution in [2.45, 2.75) is 11.8 Å². The van der Waals surface area contributed by atoms with E-state index >= 15 is 0 Å². The van der Waals surface area contributed by atoms with Gasteiger partial charge in [0.2, 0.25) is 0 Å². The Morgan fingerprint density at radius 3 is 2.52 bits per heavy atom. The summed E-state index contributed by atoms with van der Waals surface area (Å²) in [5, 5.41) is 1.67. The van der Waals surface area contributed by atoms with E-state index in [1.807, 2.05) is 49.6 Å². The normalized spacial score (nSPS) is 11.0. The molecule has 21 heavy (non-hydrogen) atoms. The quantitative estimate of drug-likeness (QED) is 0.448. The smallest absolute Gasteiger partial charge is 0.162 e. The molecule has 0 saturated heterocycles. The largest absolute Gasteiger partial charge is 0.228 e. The molecule has 0 bridgehead atoms. The Morgan fingerprint density at radius 1 is 1.00 bits per heavy atom. The maximum Gasteiger partial charge on any atom is 0.162 e. The van der Waals surface area contributed by atoms with Crippen LogP contribution in [0.5, 0.6) is 0 Å². The van der Waals surface area contributed by atoms with Crippen molar-refractivity contribution in [1.29, 1.82) is 0 Å². The monoisotopic (exact) mass is 334 g/mol. The lowest BCUT2D eigenvalue weighted by Gasteiger charge is -2.10. The minimum atomic E-state index is 0.389. The van der Waals surface area contributed by atoms with Crippen molar-refractivity contribution in [2.24, 2.45) is 0 Å². The second kappa shape index (κ2) is 5.84. The summed E-state index contributed by atoms with van der Waals surface area (Å²) in [4.78, 5) is 10.2. The van der Waals surface area contributed by atoms with Crippen molar-refractivity contribution in [2.75, 3.05) is 6.26 Å². The van der Waals surface area contributed by atoms with Gasteiger partial charge in [0.05, 0.1) is 15.9 Å². The van der Waals surface area contributed by atoms with E-state index in [2.05, 4.69) is 9.97 Å². The fourth-order valence-electron chi connectivity index (χ4n) is 2.24. The fraction of sp³-hybridized carbons (Fsp3) is 0.125. The molecule has 0 spiro atoms. The Morgan fingerprint density at radius 2 is 1.76 bits per heavy atom. The molecular weight excluding hydrogens is 323 g/mol. The summed E-state index contributed by atoms with van der Waals surface area (Å²) >= 11 is 14.2. The van der Waals surface area contributed by atoms with Gasteiger partial charge in [-0.3, -0.25) is 0 Å². The van der Waals surface area contributed by atoms with Gasteiger partial charge in [-0.05, 0) is 30.9 Å². The van der Waals surface area contributed by atoms with Crippen LogP contribution in [0.4, 0.5) is 0 Å². The van der Waals surface area contributed by atoms with Gasteiger partial charge in [-0.1, -0.05) is 47.5 Å². The lowest BCUT2D eigenvalue weighted by atomic mass is 10.1. The zero-order chi connectivity index (χ0) is 15.0. The second-order valence-electron chi connectivity index (χ2n) is 4.63. The summed E-state index contributed by atoms with van der Waals surface area (Å²) in [7, 11) is 0. The Balaban J connectivity index is 2.33. The van der Waals surface area contributed by atoms with Crippen molar-refractivity contribution in [3.63, 3.8) is 0 Å². The predicted molar refractivity (Wildman–Crippen MR) is 91.5 cm³/mol. The van der Waals surface area contributed by atoms with E-state index in [1.54, 1.807) is 11.8 Å². The van der Waals surface area contributed by atoms with Crippen LogP contribution < -0.4 is 0 Å². The molecule has 3 aromatic rings. The topological polar surface area (TPSA) is 25.8 Å². The molecule has 2 aromatic carbocycles. The summed E-state index contributed by atoms with van der Waals surface area (Å²) in [5.41, 5.74) is 2.81. The Labute approximate surface area is 137 Å². The number of aromatic nitrogens is 2. The highest BCUT2D eigenvalue weighted by Crippen LogP contribution is 2.34. The molecule has 0 amide bonds. The summed E-state index contributed by atoms with van der Waals surface area (Å²) in [6.07, 6.45) is 2.03. The van der Waals surface area contributed by atoms with Crippen molar-refractivity contribution in [3.05, 3.63) is 52.1 Å². The average molecular weight is 335 g/mol. The molecule has 0 N–H and O–H groups in total. The summed E-state index contributed by atoms with van der Waals surface area (Å²) in [6, 6.07) is 11.8. The number of rotatable bonds is 2. The first kappa shape index (κ1) is 14.6. The van der Waals surface area contributed by atoms with Crippen LogP contribution >= 0.6 is 35.0 Å². The third-order valence-electron chi connectivity index (χ3n) is 3.30. The lowest BCUT2D eigenvalue weighted by molar-refractivity contribution is 1.20. The van der Waals surface area contributed by atoms with Gasteiger partial charge in [0.25, 0.3) is 0 Å². The molecular formula is C16H12Cl2N2S. The second-order valence-corrected chi connectivity index (χ2v) is 6.24. The van der Waals surface area contributed by atoms with E-state index in [-0.39, 0.29) is 0 Å². The van der Waals surface area contributed by atoms with Gasteiger partial charge in [-0.15, -0.1) is 11.8 Å². The minimum Gasteiger partial charge on any atom is -0.228 e. The molecule has 0 saturated carbocycles. The van der Waals surface area contributed by atoms with E-state index in [0.29, 0.717) is 21.4 Å². The molecule has 0 atom stereocenters. The van der Waals surface area contributed by atoms with Crippen molar-refractivity contribution < 1.29 is 0 Å². The first-order valence-corrected chi connectivity index (χ1v) is 8.35. The number of nitrogens with zero attached hydrogens (tertiary/aromatic N) is 2. The van der Waals surface area contributed by atoms with Crippen LogP contribution in [0.2, 0.25) is 10.2 Å². The maximum atomic E-state index is 6.34. The SMILES string of the molecule is CSc1ccccc1-c1nc(Cl)c2c(Cl)ccc(C)c2n1. The molecule has 0 unspecified atom stereocenters. The van der Waals surface area contributed by atoms with E-state index in [0.717, 1.165) is 21.5 Å². The molecule has 5 heteroatoms. The molecule has 0 fully saturated rings. The Hall–Kier alpha value is -1.29. The van der Waals surface area contributed by atoms with Gasteiger partial charge in [-0.2, -0.15) is 0 Å². The van der Waals surface area contributed by atoms with Gasteiger partial charge in [0.1, 0.15) is 5.15 Å². The molecule has 3 rings (SSSR count). The highest BCUT2D eigenvalue weighted by molar-refractivity contribution is 7.98. The Bertz CT molecular complexity index is 834. The van der Waals surface area contributed by atoms with Gasteiger partial charge in [0, 0.05) is 10.5 Å². The lowest BCUT2D eigenvalue weighted by Crippen LogP contribution is -1.95. The third-order valence-corrected chi connectivity index (χ3v) is 4.69. The van der Waals surface area contributed by atoms with Crippen LogP contribution in [0.1, 0.15) is 5.56 Å². The van der Waals surface area contributed by atoms with Crippen LogP contribution in [-0.4, -0.2) is 16.2 Å². The standard InChI is InChI=1S/C16H12Cl2N2S/c1-9-7-8-11(17)13-14(9)19-16(20-15(13)18)10-5-3-4-6-12(10)21-2/h3-8H,1-2H3. The number of halogens is 2. The van der Waals surface area contributed by atoms with Gasteiger partial charge >= 0.3 is 0 Å². The van der Waals surface area contributed by atoms with Crippen LogP contribution in [0.25, 0.3) is 22.3 Å². The van der Waals surface area contributed by atoms with Crippen LogP contribution in [0.15, 0.2) is 41.3 Å². The van der Waals surface area contributed by atoms with Gasteiger partial charge in [-0.25, -0.2) is 9.97 Å². The number of benzene rings is 2. The van der Waals surface area contributed by atoms with Crippen molar-refractivity contribution in [3.8, 4) is 11.4 Å². The Kier molecular flexibility index (Phi) is 4.07. The number of hydrogen-bond donors (Lipinski definition) is 0. The molecule has 2 nitrogen and oxygen atoms in total. The van der Waals surface area contributed by atoms with Crippen LogP contribution in [0, 0.1) is 6.92 Å². The van der Waals surface area contributed by atoms with E-state index in [4.69, 9.17) is 23.2 Å². The van der Waals surface area contributed by atoms with Crippen LogP contribution in [0.3, 0.4) is 0 Å². The molecule has 1 aromatic heterocycles. The molecule has 0 aliphatic heterocycles. The van der Waals surface area contributed by atoms with E-state index in [9.17, 15) is 0 Å². The van der Waals surface area contributed by atoms with Crippen molar-refractivity contribution in [1.82, 2.24) is 9.97 Å². The summed E-state index contributed by atoms with van der Waals surface area (Å²) in [5.74, 6) is 0.628. The molecule has 0 aliphatic carbocycles. The van der Waals surface area contributed by atoms with E-state index < -0.39 is 0 Å². The highest BCUT2D eigenvalue weighted by Gasteiger charge is 2.14. The molecule has 106 valence electrons. The van der Waals surface area contributed by atoms with Gasteiger partial charge < -0.3 is 0 Å². The maximum absolute atomic E-state index is 6.34. The number of hydrogen-bond acceptors (Lipinski definition) is 3. The first-order valence-electron chi connectivity index (χ1n) is 6.37. The summed E-state index contributed by atoms with van der Waals surface area (Å²) < 4.78 is 0. The van der Waals surface area contributed by atoms with Crippen LogP contribution in [-0.2, 0) is 0 Å². The number of fused-ring (bicyclic) bond motifs is 1. The fourth-order valence-corrected chi connectivity index (χ4v) is 3.40. The third kappa shape index (κ3) is 2.61. The molecule has 1 heterocycles. The van der Waals surface area contributed by atoms with E-state index in [1.165, 1.54) is 0 Å². The molecule has 0 radical (unpaired) electrons. The zero-order valence-corrected chi connectivity index (χ0v) is 13.9. The zero-order valence-electron chi connectivity index (χ0n) is 11.5. The van der Waals surface area contributed by atoms with Gasteiger partial charge in [0.15, 0.2) is 5.82 Å². The predicted octanol–water partition coefficient (Wildman–Crippen LogP) is 5.63. The molecule has 0 aliphatic rings. The van der Waals surface area contributed by atoms with Crippen molar-refractivity contribution >= 4 is 45.9 Å². The summed E-state index contributed by atoms with van der Waals surface area (Å²) in [6.45, 7) is 1.99. The average Bonchev–Trinajstić information content (AvgIpc) is 2.50. The minimum absolute atomic E-state index is 0.389.